The Morgan fingerprint density at radius 1 is 1.03 bits per heavy atom. The first-order chi connectivity index (χ1) is 16.4. The molecular weight excluding hydrogens is 444 g/mol. The van der Waals surface area contributed by atoms with Gasteiger partial charge in [-0.25, -0.2) is 18.7 Å². The number of hydrogen-bond donors (Lipinski definition) is 1. The normalized spacial score (nSPS) is 14.9. The predicted octanol–water partition coefficient (Wildman–Crippen LogP) is 2.84. The lowest BCUT2D eigenvalue weighted by molar-refractivity contribution is 0.149. The Balaban J connectivity index is 1.30. The Bertz CT molecular complexity index is 1100. The van der Waals surface area contributed by atoms with Crippen molar-refractivity contribution in [3.05, 3.63) is 53.6 Å². The molecule has 34 heavy (non-hydrogen) atoms. The molecule has 9 nitrogen and oxygen atoms in total. The van der Waals surface area contributed by atoms with Crippen molar-refractivity contribution in [2.24, 2.45) is 0 Å². The van der Waals surface area contributed by atoms with Gasteiger partial charge in [0.25, 0.3) is 0 Å². The molecule has 0 saturated carbocycles. The van der Waals surface area contributed by atoms with Crippen LogP contribution >= 0.6 is 0 Å². The second kappa shape index (κ2) is 10.7. The number of nitrogens with one attached hydrogen (secondary N) is 1. The number of halogens is 2. The first-order valence-electron chi connectivity index (χ1n) is 11.1. The van der Waals surface area contributed by atoms with Crippen LogP contribution in [0.4, 0.5) is 20.4 Å². The highest BCUT2D eigenvalue weighted by molar-refractivity contribution is 5.50. The zero-order valence-corrected chi connectivity index (χ0v) is 19.6. The lowest BCUT2D eigenvalue weighted by Gasteiger charge is -2.32. The molecule has 11 heteroatoms. The number of likely N-dealkylation sites (N-methyl/N-ethyl adjacent to an activating group) is 1. The van der Waals surface area contributed by atoms with Crippen molar-refractivity contribution in [3.8, 4) is 11.5 Å². The Kier molecular flexibility index (Phi) is 7.53. The summed E-state index contributed by atoms with van der Waals surface area (Å²) in [5.41, 5.74) is 0.836. The smallest absolute Gasteiger partial charge is 0.227 e. The van der Waals surface area contributed by atoms with Crippen molar-refractivity contribution in [1.29, 1.82) is 0 Å². The maximum absolute atomic E-state index is 14.4. The van der Waals surface area contributed by atoms with Crippen molar-refractivity contribution in [3.63, 3.8) is 0 Å². The first kappa shape index (κ1) is 23.8. The van der Waals surface area contributed by atoms with Gasteiger partial charge in [-0.3, -0.25) is 9.58 Å². The van der Waals surface area contributed by atoms with Gasteiger partial charge in [-0.15, -0.1) is 0 Å². The summed E-state index contributed by atoms with van der Waals surface area (Å²) >= 11 is 0. The topological polar surface area (TPSA) is 80.6 Å². The van der Waals surface area contributed by atoms with Gasteiger partial charge in [0.15, 0.2) is 17.3 Å². The van der Waals surface area contributed by atoms with Crippen LogP contribution in [0.1, 0.15) is 11.1 Å². The molecule has 1 aliphatic heterocycles. The second-order valence-electron chi connectivity index (χ2n) is 8.30. The monoisotopic (exact) mass is 473 g/mol. The van der Waals surface area contributed by atoms with E-state index in [9.17, 15) is 8.78 Å². The third kappa shape index (κ3) is 5.78. The minimum Gasteiger partial charge on any atom is -0.494 e. The average molecular weight is 474 g/mol. The number of aryl methyl sites for hydroxylation is 1. The van der Waals surface area contributed by atoms with Gasteiger partial charge >= 0.3 is 0 Å². The van der Waals surface area contributed by atoms with Crippen molar-refractivity contribution in [2.75, 3.05) is 52.2 Å². The molecule has 0 atom stereocenters. The van der Waals surface area contributed by atoms with E-state index in [1.807, 2.05) is 10.9 Å². The number of anilines is 2. The predicted molar refractivity (Wildman–Crippen MR) is 123 cm³/mol. The average Bonchev–Trinajstić information content (AvgIpc) is 3.29. The minimum atomic E-state index is -0.783. The number of benzene rings is 1. The standard InChI is InChI=1S/C23H29F2N7O2/c1-16-10-20(33-3)22(25)19(21(16)24)15-34-18-12-26-23(27-13-18)29-17-11-28-32(14-17)9-8-31-6-4-30(2)5-7-31/h10-14H,4-9,15H2,1-3H3,(H,26,27,29). The van der Waals surface area contributed by atoms with Crippen LogP contribution in [-0.4, -0.2) is 76.4 Å². The molecule has 0 unspecified atom stereocenters. The van der Waals surface area contributed by atoms with E-state index in [2.05, 4.69) is 37.2 Å². The summed E-state index contributed by atoms with van der Waals surface area (Å²) in [6, 6.07) is 1.31. The van der Waals surface area contributed by atoms with Crippen LogP contribution in [0.2, 0.25) is 0 Å². The van der Waals surface area contributed by atoms with Crippen LogP contribution in [0.25, 0.3) is 0 Å². The van der Waals surface area contributed by atoms with Crippen LogP contribution in [0.15, 0.2) is 30.9 Å². The summed E-state index contributed by atoms with van der Waals surface area (Å²) in [6.07, 6.45) is 6.50. The molecule has 0 radical (unpaired) electrons. The van der Waals surface area contributed by atoms with Gasteiger partial charge in [0.1, 0.15) is 12.4 Å². The molecule has 0 amide bonds. The molecule has 1 aromatic carbocycles. The Morgan fingerprint density at radius 3 is 2.47 bits per heavy atom. The molecule has 0 spiro atoms. The van der Waals surface area contributed by atoms with Crippen molar-refractivity contribution in [1.82, 2.24) is 29.5 Å². The van der Waals surface area contributed by atoms with E-state index in [0.717, 1.165) is 45.0 Å². The lowest BCUT2D eigenvalue weighted by Crippen LogP contribution is -2.45. The number of piperazine rings is 1. The molecular formula is C23H29F2N7O2. The number of ether oxygens (including phenoxy) is 2. The molecule has 2 aromatic heterocycles. The van der Waals surface area contributed by atoms with Crippen molar-refractivity contribution < 1.29 is 18.3 Å². The number of hydrogen-bond acceptors (Lipinski definition) is 8. The summed E-state index contributed by atoms with van der Waals surface area (Å²) in [5.74, 6) is -0.831. The third-order valence-corrected chi connectivity index (χ3v) is 5.80. The van der Waals surface area contributed by atoms with Gasteiger partial charge in [0.05, 0.1) is 43.5 Å². The largest absolute Gasteiger partial charge is 0.494 e. The van der Waals surface area contributed by atoms with E-state index in [1.54, 1.807) is 13.1 Å². The molecule has 1 fully saturated rings. The summed E-state index contributed by atoms with van der Waals surface area (Å²) in [5, 5.41) is 7.48. The van der Waals surface area contributed by atoms with Crippen LogP contribution in [0, 0.1) is 18.6 Å². The summed E-state index contributed by atoms with van der Waals surface area (Å²) in [7, 11) is 3.47. The highest BCUT2D eigenvalue weighted by Gasteiger charge is 2.18. The fourth-order valence-electron chi connectivity index (χ4n) is 3.69. The first-order valence-corrected chi connectivity index (χ1v) is 11.1. The Morgan fingerprint density at radius 2 is 1.76 bits per heavy atom. The van der Waals surface area contributed by atoms with E-state index in [0.29, 0.717) is 5.95 Å². The quantitative estimate of drug-likeness (QED) is 0.508. The maximum atomic E-state index is 14.4. The summed E-state index contributed by atoms with van der Waals surface area (Å²) in [6.45, 7) is 7.30. The lowest BCUT2D eigenvalue weighted by atomic mass is 10.1. The van der Waals surface area contributed by atoms with Gasteiger partial charge in [0, 0.05) is 38.9 Å². The molecule has 1 N–H and O–H groups in total. The molecule has 182 valence electrons. The molecule has 1 saturated heterocycles. The van der Waals surface area contributed by atoms with Crippen LogP contribution in [0.5, 0.6) is 11.5 Å². The highest BCUT2D eigenvalue weighted by atomic mass is 19.1. The molecule has 0 bridgehead atoms. The van der Waals surface area contributed by atoms with E-state index in [4.69, 9.17) is 9.47 Å². The zero-order valence-electron chi connectivity index (χ0n) is 19.6. The Labute approximate surface area is 197 Å². The maximum Gasteiger partial charge on any atom is 0.227 e. The number of nitrogens with zero attached hydrogens (tertiary/aromatic N) is 6. The van der Waals surface area contributed by atoms with E-state index in [1.165, 1.54) is 25.6 Å². The molecule has 3 heterocycles. The van der Waals surface area contributed by atoms with Gasteiger partial charge in [-0.1, -0.05) is 0 Å². The van der Waals surface area contributed by atoms with Crippen LogP contribution in [0.3, 0.4) is 0 Å². The van der Waals surface area contributed by atoms with E-state index < -0.39 is 11.6 Å². The number of methoxy groups -OCH3 is 1. The van der Waals surface area contributed by atoms with Gasteiger partial charge in [-0.2, -0.15) is 5.10 Å². The minimum absolute atomic E-state index is 0.0302. The SMILES string of the molecule is COc1cc(C)c(F)c(COc2cnc(Nc3cnn(CCN4CCN(C)CC4)c3)nc2)c1F. The fourth-order valence-corrected chi connectivity index (χ4v) is 3.69. The summed E-state index contributed by atoms with van der Waals surface area (Å²) in [4.78, 5) is 13.2. The zero-order chi connectivity index (χ0) is 24.1. The Hall–Kier alpha value is -3.31. The molecule has 0 aliphatic carbocycles. The van der Waals surface area contributed by atoms with Gasteiger partial charge < -0.3 is 19.7 Å². The van der Waals surface area contributed by atoms with Gasteiger partial charge in [0.2, 0.25) is 5.95 Å². The van der Waals surface area contributed by atoms with Gasteiger partial charge in [-0.05, 0) is 25.6 Å². The molecule has 4 rings (SSSR count). The summed E-state index contributed by atoms with van der Waals surface area (Å²) < 4.78 is 41.1. The number of aromatic nitrogens is 4. The third-order valence-electron chi connectivity index (χ3n) is 5.80. The fraction of sp³-hybridized carbons (Fsp3) is 0.435. The second-order valence-corrected chi connectivity index (χ2v) is 8.30. The van der Waals surface area contributed by atoms with E-state index >= 15 is 0 Å². The molecule has 3 aromatic rings. The van der Waals surface area contributed by atoms with E-state index in [-0.39, 0.29) is 29.2 Å². The van der Waals surface area contributed by atoms with Crippen LogP contribution < -0.4 is 14.8 Å². The number of rotatable bonds is 9. The highest BCUT2D eigenvalue weighted by Crippen LogP contribution is 2.27. The molecule has 1 aliphatic rings. The van der Waals surface area contributed by atoms with Crippen LogP contribution in [-0.2, 0) is 13.2 Å². The van der Waals surface area contributed by atoms with Crippen molar-refractivity contribution in [2.45, 2.75) is 20.1 Å². The van der Waals surface area contributed by atoms with Crippen molar-refractivity contribution >= 4 is 11.6 Å².